The molecule has 0 saturated heterocycles. The molecule has 0 radical (unpaired) electrons. The van der Waals surface area contributed by atoms with Crippen molar-refractivity contribution in [2.24, 2.45) is 4.99 Å². The summed E-state index contributed by atoms with van der Waals surface area (Å²) >= 11 is 0. The first kappa shape index (κ1) is 13.6. The van der Waals surface area contributed by atoms with E-state index in [1.165, 1.54) is 21.9 Å². The summed E-state index contributed by atoms with van der Waals surface area (Å²) in [5, 5.41) is 2.53. The van der Waals surface area contributed by atoms with Gasteiger partial charge in [0, 0.05) is 5.71 Å². The molecule has 0 bridgehead atoms. The standard InChI is InChI=1S/C20H19N/c1-15(17-8-4-3-5-9-17)21-16(2)19-13-12-18-10-6-7-11-20(18)14-19/h3-15H,1-2H3/t15-/m0/s1. The maximum absolute atomic E-state index is 4.84. The van der Waals surface area contributed by atoms with Crippen LogP contribution in [0.5, 0.6) is 0 Å². The van der Waals surface area contributed by atoms with Crippen LogP contribution in [0.15, 0.2) is 77.8 Å². The quantitative estimate of drug-likeness (QED) is 0.566. The molecule has 0 aliphatic rings. The van der Waals surface area contributed by atoms with Crippen LogP contribution in [0.4, 0.5) is 0 Å². The van der Waals surface area contributed by atoms with Crippen LogP contribution in [-0.2, 0) is 0 Å². The normalized spacial score (nSPS) is 13.3. The molecule has 3 aromatic rings. The Morgan fingerprint density at radius 2 is 1.48 bits per heavy atom. The number of rotatable bonds is 3. The Morgan fingerprint density at radius 3 is 2.24 bits per heavy atom. The molecule has 1 nitrogen and oxygen atoms in total. The first-order valence-corrected chi connectivity index (χ1v) is 7.32. The lowest BCUT2D eigenvalue weighted by Gasteiger charge is -2.10. The van der Waals surface area contributed by atoms with Crippen molar-refractivity contribution in [2.75, 3.05) is 0 Å². The van der Waals surface area contributed by atoms with Gasteiger partial charge in [0.25, 0.3) is 0 Å². The topological polar surface area (TPSA) is 12.4 Å². The third kappa shape index (κ3) is 3.03. The highest BCUT2D eigenvalue weighted by Crippen LogP contribution is 2.20. The molecule has 21 heavy (non-hydrogen) atoms. The monoisotopic (exact) mass is 273 g/mol. The second-order valence-corrected chi connectivity index (χ2v) is 5.36. The largest absolute Gasteiger partial charge is 0.282 e. The Labute approximate surface area is 126 Å². The first-order chi connectivity index (χ1) is 10.2. The molecule has 0 unspecified atom stereocenters. The van der Waals surface area contributed by atoms with Gasteiger partial charge in [0.15, 0.2) is 0 Å². The first-order valence-electron chi connectivity index (χ1n) is 7.32. The van der Waals surface area contributed by atoms with Crippen molar-refractivity contribution >= 4 is 16.5 Å². The van der Waals surface area contributed by atoms with Crippen LogP contribution >= 0.6 is 0 Å². The van der Waals surface area contributed by atoms with Crippen LogP contribution in [0.2, 0.25) is 0 Å². The highest BCUT2D eigenvalue weighted by molar-refractivity contribution is 6.02. The highest BCUT2D eigenvalue weighted by atomic mass is 14.8. The maximum Gasteiger partial charge on any atom is 0.0724 e. The number of benzene rings is 3. The Hall–Kier alpha value is -2.41. The zero-order valence-electron chi connectivity index (χ0n) is 12.5. The fourth-order valence-corrected chi connectivity index (χ4v) is 2.59. The highest BCUT2D eigenvalue weighted by Gasteiger charge is 2.05. The van der Waals surface area contributed by atoms with E-state index in [9.17, 15) is 0 Å². The fourth-order valence-electron chi connectivity index (χ4n) is 2.59. The zero-order chi connectivity index (χ0) is 14.7. The Morgan fingerprint density at radius 1 is 0.810 bits per heavy atom. The number of nitrogens with zero attached hydrogens (tertiary/aromatic N) is 1. The van der Waals surface area contributed by atoms with Crippen molar-refractivity contribution in [3.63, 3.8) is 0 Å². The van der Waals surface area contributed by atoms with Crippen molar-refractivity contribution < 1.29 is 0 Å². The molecule has 0 aromatic heterocycles. The maximum atomic E-state index is 4.84. The Balaban J connectivity index is 1.92. The van der Waals surface area contributed by atoms with Crippen LogP contribution < -0.4 is 0 Å². The van der Waals surface area contributed by atoms with Gasteiger partial charge >= 0.3 is 0 Å². The van der Waals surface area contributed by atoms with Gasteiger partial charge in [0.1, 0.15) is 0 Å². The molecule has 0 spiro atoms. The Kier molecular flexibility index (Phi) is 3.83. The van der Waals surface area contributed by atoms with Gasteiger partial charge in [-0.25, -0.2) is 0 Å². The molecule has 1 heteroatoms. The van der Waals surface area contributed by atoms with Gasteiger partial charge in [0.05, 0.1) is 6.04 Å². The lowest BCUT2D eigenvalue weighted by Crippen LogP contribution is -1.99. The smallest absolute Gasteiger partial charge is 0.0724 e. The van der Waals surface area contributed by atoms with E-state index in [0.29, 0.717) is 0 Å². The fraction of sp³-hybridized carbons (Fsp3) is 0.150. The molecule has 0 aliphatic heterocycles. The molecule has 0 fully saturated rings. The second kappa shape index (κ2) is 5.92. The molecule has 104 valence electrons. The van der Waals surface area contributed by atoms with Gasteiger partial charge in [0.2, 0.25) is 0 Å². The molecule has 0 saturated carbocycles. The van der Waals surface area contributed by atoms with Crippen molar-refractivity contribution in [1.82, 2.24) is 0 Å². The summed E-state index contributed by atoms with van der Waals surface area (Å²) in [7, 11) is 0. The summed E-state index contributed by atoms with van der Waals surface area (Å²) in [6.45, 7) is 4.23. The van der Waals surface area contributed by atoms with Crippen molar-refractivity contribution in [2.45, 2.75) is 19.9 Å². The minimum atomic E-state index is 0.178. The molecule has 3 rings (SSSR count). The lowest BCUT2D eigenvalue weighted by molar-refractivity contribution is 0.820. The third-order valence-corrected chi connectivity index (χ3v) is 3.84. The summed E-state index contributed by atoms with van der Waals surface area (Å²) in [6.07, 6.45) is 0. The van der Waals surface area contributed by atoms with E-state index in [-0.39, 0.29) is 6.04 Å². The molecule has 0 amide bonds. The average Bonchev–Trinajstić information content (AvgIpc) is 2.55. The number of fused-ring (bicyclic) bond motifs is 1. The van der Waals surface area contributed by atoms with E-state index in [4.69, 9.17) is 4.99 Å². The minimum absolute atomic E-state index is 0.178. The van der Waals surface area contributed by atoms with Crippen molar-refractivity contribution in [3.8, 4) is 0 Å². The summed E-state index contributed by atoms with van der Waals surface area (Å²) in [4.78, 5) is 4.84. The summed E-state index contributed by atoms with van der Waals surface area (Å²) in [5.74, 6) is 0. The van der Waals surface area contributed by atoms with Gasteiger partial charge in [-0.15, -0.1) is 0 Å². The molecule has 3 aromatic carbocycles. The van der Waals surface area contributed by atoms with E-state index in [0.717, 1.165) is 5.71 Å². The van der Waals surface area contributed by atoms with E-state index in [1.54, 1.807) is 0 Å². The van der Waals surface area contributed by atoms with E-state index in [2.05, 4.69) is 80.6 Å². The van der Waals surface area contributed by atoms with Gasteiger partial charge < -0.3 is 0 Å². The predicted octanol–water partition coefficient (Wildman–Crippen LogP) is 5.41. The number of hydrogen-bond donors (Lipinski definition) is 0. The molecule has 0 aliphatic carbocycles. The van der Waals surface area contributed by atoms with E-state index < -0.39 is 0 Å². The lowest BCUT2D eigenvalue weighted by atomic mass is 10.0. The van der Waals surface area contributed by atoms with Crippen LogP contribution in [-0.4, -0.2) is 5.71 Å². The number of aliphatic imine (C=N–C) groups is 1. The van der Waals surface area contributed by atoms with Gasteiger partial charge in [-0.2, -0.15) is 0 Å². The zero-order valence-corrected chi connectivity index (χ0v) is 12.5. The summed E-state index contributed by atoms with van der Waals surface area (Å²) < 4.78 is 0. The van der Waals surface area contributed by atoms with Crippen molar-refractivity contribution in [3.05, 3.63) is 83.9 Å². The van der Waals surface area contributed by atoms with Crippen LogP contribution in [0.25, 0.3) is 10.8 Å². The second-order valence-electron chi connectivity index (χ2n) is 5.36. The minimum Gasteiger partial charge on any atom is -0.282 e. The molecule has 0 N–H and O–H groups in total. The third-order valence-electron chi connectivity index (χ3n) is 3.84. The average molecular weight is 273 g/mol. The molecule has 0 heterocycles. The number of hydrogen-bond acceptors (Lipinski definition) is 1. The van der Waals surface area contributed by atoms with E-state index >= 15 is 0 Å². The summed E-state index contributed by atoms with van der Waals surface area (Å²) in [6, 6.07) is 25.6. The molecular weight excluding hydrogens is 254 g/mol. The van der Waals surface area contributed by atoms with Crippen LogP contribution in [0.1, 0.15) is 31.0 Å². The summed E-state index contributed by atoms with van der Waals surface area (Å²) in [5.41, 5.74) is 3.52. The SMILES string of the molecule is CC(=N[C@@H](C)c1ccccc1)c1ccc2ccccc2c1. The van der Waals surface area contributed by atoms with Gasteiger partial charge in [-0.05, 0) is 41.8 Å². The van der Waals surface area contributed by atoms with Crippen LogP contribution in [0, 0.1) is 0 Å². The molecular formula is C20H19N. The Bertz CT molecular complexity index is 772. The van der Waals surface area contributed by atoms with Gasteiger partial charge in [-0.1, -0.05) is 66.7 Å². The predicted molar refractivity (Wildman–Crippen MR) is 91.0 cm³/mol. The van der Waals surface area contributed by atoms with Gasteiger partial charge in [-0.3, -0.25) is 4.99 Å². The van der Waals surface area contributed by atoms with Crippen molar-refractivity contribution in [1.29, 1.82) is 0 Å². The van der Waals surface area contributed by atoms with Crippen LogP contribution in [0.3, 0.4) is 0 Å². The molecule has 1 atom stereocenters. The van der Waals surface area contributed by atoms with E-state index in [1.807, 2.05) is 6.07 Å².